The van der Waals surface area contributed by atoms with Gasteiger partial charge in [0.2, 0.25) is 5.28 Å². The highest BCUT2D eigenvalue weighted by molar-refractivity contribution is 9.10. The number of nitrogens with zero attached hydrogens (tertiary/aromatic N) is 3. The van der Waals surface area contributed by atoms with E-state index < -0.39 is 0 Å². The van der Waals surface area contributed by atoms with E-state index in [9.17, 15) is 0 Å². The molecule has 2 atom stereocenters. The number of aromatic nitrogens is 2. The maximum Gasteiger partial charge on any atom is 0.224 e. The third-order valence-corrected chi connectivity index (χ3v) is 4.95. The van der Waals surface area contributed by atoms with E-state index in [4.69, 9.17) is 11.6 Å². The van der Waals surface area contributed by atoms with Crippen LogP contribution in [0, 0.1) is 5.92 Å². The quantitative estimate of drug-likeness (QED) is 0.727. The topological polar surface area (TPSA) is 29.0 Å². The highest BCUT2D eigenvalue weighted by atomic mass is 79.9. The van der Waals surface area contributed by atoms with Crippen LogP contribution in [-0.4, -0.2) is 22.6 Å². The van der Waals surface area contributed by atoms with Gasteiger partial charge in [0.15, 0.2) is 0 Å². The van der Waals surface area contributed by atoms with E-state index in [2.05, 4.69) is 30.8 Å². The number of piperidine rings is 1. The summed E-state index contributed by atoms with van der Waals surface area (Å²) in [5.41, 5.74) is 0. The molecule has 2 unspecified atom stereocenters. The lowest BCUT2D eigenvalue weighted by Crippen LogP contribution is -2.47. The van der Waals surface area contributed by atoms with E-state index in [1.54, 1.807) is 6.20 Å². The largest absolute Gasteiger partial charge is 0.352 e. The number of halogens is 2. The summed E-state index contributed by atoms with van der Waals surface area (Å²) >= 11 is 9.50. The fourth-order valence-electron chi connectivity index (χ4n) is 3.43. The van der Waals surface area contributed by atoms with Gasteiger partial charge in [-0.2, -0.15) is 4.98 Å². The molecule has 0 amide bonds. The van der Waals surface area contributed by atoms with Crippen LogP contribution in [0.4, 0.5) is 5.82 Å². The normalized spacial score (nSPS) is 28.0. The molecule has 0 bridgehead atoms. The average Bonchev–Trinajstić information content (AvgIpc) is 2.41. The molecule has 3 nitrogen and oxygen atoms in total. The summed E-state index contributed by atoms with van der Waals surface area (Å²) < 4.78 is 0.957. The van der Waals surface area contributed by atoms with E-state index in [0.29, 0.717) is 11.3 Å². The minimum Gasteiger partial charge on any atom is -0.352 e. The van der Waals surface area contributed by atoms with Crippen molar-refractivity contribution < 1.29 is 0 Å². The molecule has 2 heterocycles. The van der Waals surface area contributed by atoms with E-state index >= 15 is 0 Å². The first kappa shape index (κ1) is 12.7. The maximum atomic E-state index is 5.94. The Morgan fingerprint density at radius 3 is 2.89 bits per heavy atom. The number of anilines is 1. The van der Waals surface area contributed by atoms with E-state index in [1.165, 1.54) is 38.5 Å². The van der Waals surface area contributed by atoms with Crippen molar-refractivity contribution in [2.45, 2.75) is 44.6 Å². The average molecular weight is 331 g/mol. The number of hydrogen-bond acceptors (Lipinski definition) is 3. The first-order valence-electron chi connectivity index (χ1n) is 6.70. The molecular weight excluding hydrogens is 314 g/mol. The van der Waals surface area contributed by atoms with Gasteiger partial charge < -0.3 is 4.90 Å². The summed E-state index contributed by atoms with van der Waals surface area (Å²) in [5.74, 6) is 1.82. The van der Waals surface area contributed by atoms with Gasteiger partial charge in [-0.3, -0.25) is 0 Å². The van der Waals surface area contributed by atoms with Crippen molar-refractivity contribution in [3.05, 3.63) is 16.0 Å². The fourth-order valence-corrected chi connectivity index (χ4v) is 3.97. The Bertz CT molecular complexity index is 438. The van der Waals surface area contributed by atoms with Crippen LogP contribution in [0.15, 0.2) is 10.7 Å². The van der Waals surface area contributed by atoms with Crippen LogP contribution in [0.25, 0.3) is 0 Å². The van der Waals surface area contributed by atoms with Crippen LogP contribution in [0.5, 0.6) is 0 Å². The van der Waals surface area contributed by atoms with Gasteiger partial charge in [-0.05, 0) is 59.1 Å². The molecule has 0 N–H and O–H groups in total. The standard InChI is InChI=1S/C13H17BrClN3/c14-10-8-16-13(15)17-12(10)18-7-3-5-9-4-1-2-6-11(9)18/h8-9,11H,1-7H2. The molecule has 0 radical (unpaired) electrons. The molecule has 2 fully saturated rings. The summed E-state index contributed by atoms with van der Waals surface area (Å²) in [4.78, 5) is 10.9. The zero-order valence-electron chi connectivity index (χ0n) is 10.3. The molecule has 1 aliphatic carbocycles. The molecule has 1 aromatic rings. The number of rotatable bonds is 1. The maximum absolute atomic E-state index is 5.94. The van der Waals surface area contributed by atoms with Crippen LogP contribution < -0.4 is 4.90 Å². The molecule has 1 saturated carbocycles. The summed E-state index contributed by atoms with van der Waals surface area (Å²) in [6.07, 6.45) is 9.79. The van der Waals surface area contributed by atoms with Gasteiger partial charge in [0.25, 0.3) is 0 Å². The predicted molar refractivity (Wildman–Crippen MR) is 77.1 cm³/mol. The minimum absolute atomic E-state index is 0.339. The molecular formula is C13H17BrClN3. The predicted octanol–water partition coefficient (Wildman–Crippen LogP) is 4.05. The van der Waals surface area contributed by atoms with Crippen LogP contribution >= 0.6 is 27.5 Å². The molecule has 1 aliphatic heterocycles. The van der Waals surface area contributed by atoms with Gasteiger partial charge in [-0.25, -0.2) is 4.98 Å². The molecule has 0 aromatic carbocycles. The Morgan fingerprint density at radius 2 is 2.00 bits per heavy atom. The van der Waals surface area contributed by atoms with Crippen molar-refractivity contribution in [3.63, 3.8) is 0 Å². The van der Waals surface area contributed by atoms with Gasteiger partial charge in [-0.15, -0.1) is 0 Å². The van der Waals surface area contributed by atoms with Gasteiger partial charge >= 0.3 is 0 Å². The second-order valence-corrected chi connectivity index (χ2v) is 6.45. The lowest BCUT2D eigenvalue weighted by Gasteiger charge is -2.45. The zero-order chi connectivity index (χ0) is 12.5. The summed E-state index contributed by atoms with van der Waals surface area (Å²) in [6.45, 7) is 1.09. The molecule has 0 spiro atoms. The van der Waals surface area contributed by atoms with E-state index in [0.717, 1.165) is 22.8 Å². The monoisotopic (exact) mass is 329 g/mol. The first-order valence-corrected chi connectivity index (χ1v) is 7.87. The summed E-state index contributed by atoms with van der Waals surface area (Å²) in [5, 5.41) is 0.339. The van der Waals surface area contributed by atoms with Crippen LogP contribution in [0.1, 0.15) is 38.5 Å². The Hall–Kier alpha value is -0.350. The Kier molecular flexibility index (Phi) is 3.76. The van der Waals surface area contributed by atoms with Crippen molar-refractivity contribution >= 4 is 33.3 Å². The van der Waals surface area contributed by atoms with Crippen LogP contribution in [-0.2, 0) is 0 Å². The van der Waals surface area contributed by atoms with Crippen LogP contribution in [0.3, 0.4) is 0 Å². The number of fused-ring (bicyclic) bond motifs is 1. The lowest BCUT2D eigenvalue weighted by atomic mass is 9.78. The molecule has 2 aliphatic rings. The second kappa shape index (κ2) is 5.33. The van der Waals surface area contributed by atoms with Crippen molar-refractivity contribution in [1.82, 2.24) is 9.97 Å². The van der Waals surface area contributed by atoms with E-state index in [1.807, 2.05) is 0 Å². The van der Waals surface area contributed by atoms with Crippen molar-refractivity contribution in [2.24, 2.45) is 5.92 Å². The van der Waals surface area contributed by atoms with Crippen LogP contribution in [0.2, 0.25) is 5.28 Å². The van der Waals surface area contributed by atoms with Gasteiger partial charge in [0.05, 0.1) is 4.47 Å². The fraction of sp³-hybridized carbons (Fsp3) is 0.692. The van der Waals surface area contributed by atoms with Crippen molar-refractivity contribution in [1.29, 1.82) is 0 Å². The van der Waals surface area contributed by atoms with Gasteiger partial charge in [0, 0.05) is 18.8 Å². The Morgan fingerprint density at radius 1 is 1.22 bits per heavy atom. The molecule has 98 valence electrons. The molecule has 18 heavy (non-hydrogen) atoms. The third kappa shape index (κ3) is 2.37. The highest BCUT2D eigenvalue weighted by Crippen LogP contribution is 2.39. The summed E-state index contributed by atoms with van der Waals surface area (Å²) in [6, 6.07) is 0.648. The summed E-state index contributed by atoms with van der Waals surface area (Å²) in [7, 11) is 0. The Balaban J connectivity index is 1.91. The Labute approximate surface area is 121 Å². The third-order valence-electron chi connectivity index (χ3n) is 4.21. The lowest BCUT2D eigenvalue weighted by molar-refractivity contribution is 0.242. The highest BCUT2D eigenvalue weighted by Gasteiger charge is 2.34. The van der Waals surface area contributed by atoms with Gasteiger partial charge in [-0.1, -0.05) is 12.8 Å². The zero-order valence-corrected chi connectivity index (χ0v) is 12.6. The molecule has 1 saturated heterocycles. The SMILES string of the molecule is Clc1ncc(Br)c(N2CCCC3CCCCC32)n1. The van der Waals surface area contributed by atoms with E-state index in [-0.39, 0.29) is 0 Å². The molecule has 1 aromatic heterocycles. The smallest absolute Gasteiger partial charge is 0.224 e. The van der Waals surface area contributed by atoms with Crippen molar-refractivity contribution in [2.75, 3.05) is 11.4 Å². The minimum atomic E-state index is 0.339. The van der Waals surface area contributed by atoms with Gasteiger partial charge in [0.1, 0.15) is 5.82 Å². The van der Waals surface area contributed by atoms with Crippen molar-refractivity contribution in [3.8, 4) is 0 Å². The first-order chi connectivity index (χ1) is 8.75. The second-order valence-electron chi connectivity index (χ2n) is 5.26. The molecule has 3 rings (SSSR count). The molecule has 5 heteroatoms. The number of hydrogen-bond donors (Lipinski definition) is 0.